The van der Waals surface area contributed by atoms with E-state index in [9.17, 15) is 35.9 Å². The van der Waals surface area contributed by atoms with E-state index in [1.165, 1.54) is 0 Å². The van der Waals surface area contributed by atoms with Crippen molar-refractivity contribution in [1.29, 1.82) is 0 Å². The van der Waals surface area contributed by atoms with Gasteiger partial charge in [-0.15, -0.1) is 11.8 Å². The highest BCUT2D eigenvalue weighted by molar-refractivity contribution is 8.00. The molecule has 1 aromatic carbocycles. The maximum Gasteiger partial charge on any atom is 0.416 e. The molecule has 1 rings (SSSR count). The lowest BCUT2D eigenvalue weighted by Gasteiger charge is -2.14. The lowest BCUT2D eigenvalue weighted by atomic mass is 10.1. The first-order valence-corrected chi connectivity index (χ1v) is 6.94. The van der Waals surface area contributed by atoms with Crippen LogP contribution in [0.25, 0.3) is 0 Å². The van der Waals surface area contributed by atoms with Crippen molar-refractivity contribution in [3.63, 3.8) is 0 Å². The monoisotopic (exact) mass is 361 g/mol. The van der Waals surface area contributed by atoms with E-state index in [1.807, 2.05) is 5.32 Å². The van der Waals surface area contributed by atoms with E-state index in [2.05, 4.69) is 0 Å². The highest BCUT2D eigenvalue weighted by atomic mass is 32.2. The van der Waals surface area contributed by atoms with Crippen molar-refractivity contribution < 1.29 is 41.0 Å². The van der Waals surface area contributed by atoms with Crippen molar-refractivity contribution in [2.75, 3.05) is 16.8 Å². The van der Waals surface area contributed by atoms with Crippen molar-refractivity contribution in [3.05, 3.63) is 29.3 Å². The first kappa shape index (κ1) is 19.1. The molecule has 23 heavy (non-hydrogen) atoms. The van der Waals surface area contributed by atoms with Gasteiger partial charge in [-0.3, -0.25) is 9.59 Å². The molecule has 128 valence electrons. The van der Waals surface area contributed by atoms with Gasteiger partial charge in [0.15, 0.2) is 0 Å². The average Bonchev–Trinajstić information content (AvgIpc) is 2.35. The van der Waals surface area contributed by atoms with Crippen LogP contribution < -0.4 is 5.32 Å². The minimum absolute atomic E-state index is 0.0607. The molecule has 0 heterocycles. The maximum atomic E-state index is 12.6. The number of nitrogens with one attached hydrogen (secondary N) is 1. The van der Waals surface area contributed by atoms with Gasteiger partial charge in [-0.25, -0.2) is 0 Å². The van der Waals surface area contributed by atoms with E-state index in [1.54, 1.807) is 0 Å². The zero-order valence-electron chi connectivity index (χ0n) is 11.1. The quantitative estimate of drug-likeness (QED) is 0.788. The molecule has 1 aromatic rings. The number of thioether (sulfide) groups is 1. The van der Waals surface area contributed by atoms with Crippen LogP contribution >= 0.6 is 11.8 Å². The normalized spacial score (nSPS) is 12.1. The Morgan fingerprint density at radius 1 is 0.957 bits per heavy atom. The van der Waals surface area contributed by atoms with Gasteiger partial charge in [-0.2, -0.15) is 26.3 Å². The predicted molar refractivity (Wildman–Crippen MR) is 70.0 cm³/mol. The number of rotatable bonds is 5. The molecule has 2 N–H and O–H groups in total. The van der Waals surface area contributed by atoms with Crippen molar-refractivity contribution in [3.8, 4) is 0 Å². The predicted octanol–water partition coefficient (Wildman–Crippen LogP) is 3.48. The van der Waals surface area contributed by atoms with Crippen molar-refractivity contribution in [1.82, 2.24) is 0 Å². The van der Waals surface area contributed by atoms with Gasteiger partial charge in [0.2, 0.25) is 5.91 Å². The molecule has 0 aliphatic carbocycles. The molecule has 0 bridgehead atoms. The second-order valence-electron chi connectivity index (χ2n) is 4.23. The summed E-state index contributed by atoms with van der Waals surface area (Å²) in [5.41, 5.74) is -3.78. The SMILES string of the molecule is O=C(O)CSCC(=O)Nc1cc(C(F)(F)F)cc(C(F)(F)F)c1. The van der Waals surface area contributed by atoms with Crippen LogP contribution in [0.5, 0.6) is 0 Å². The fourth-order valence-corrected chi connectivity index (χ4v) is 1.99. The summed E-state index contributed by atoms with van der Waals surface area (Å²) in [6.45, 7) is 0. The average molecular weight is 361 g/mol. The minimum Gasteiger partial charge on any atom is -0.481 e. The van der Waals surface area contributed by atoms with E-state index < -0.39 is 52.5 Å². The standard InChI is InChI=1S/C12H9F6NO3S/c13-11(14,15)6-1-7(12(16,17)18)3-8(2-6)19-9(20)4-23-5-10(21)22/h1-3H,4-5H2,(H,19,20)(H,21,22). The fraction of sp³-hybridized carbons (Fsp3) is 0.333. The molecular weight excluding hydrogens is 352 g/mol. The number of hydrogen-bond acceptors (Lipinski definition) is 3. The molecule has 1 amide bonds. The topological polar surface area (TPSA) is 66.4 Å². The number of amides is 1. The lowest BCUT2D eigenvalue weighted by molar-refractivity contribution is -0.143. The van der Waals surface area contributed by atoms with Crippen LogP contribution in [-0.2, 0) is 21.9 Å². The summed E-state index contributed by atoms with van der Waals surface area (Å²) < 4.78 is 75.7. The molecule has 0 aliphatic heterocycles. The van der Waals surface area contributed by atoms with Crippen LogP contribution in [0.3, 0.4) is 0 Å². The second-order valence-corrected chi connectivity index (χ2v) is 5.21. The Morgan fingerprint density at radius 3 is 1.83 bits per heavy atom. The number of carboxylic acid groups (broad SMARTS) is 1. The van der Waals surface area contributed by atoms with E-state index >= 15 is 0 Å². The summed E-state index contributed by atoms with van der Waals surface area (Å²) in [4.78, 5) is 21.7. The molecule has 0 atom stereocenters. The molecule has 0 aliphatic rings. The van der Waals surface area contributed by atoms with Gasteiger partial charge < -0.3 is 10.4 Å². The summed E-state index contributed by atoms with van der Waals surface area (Å²) in [7, 11) is 0. The van der Waals surface area contributed by atoms with Gasteiger partial charge in [0.05, 0.1) is 22.6 Å². The summed E-state index contributed by atoms with van der Waals surface area (Å²) in [6.07, 6.45) is -10.0. The van der Waals surface area contributed by atoms with E-state index in [0.29, 0.717) is 23.9 Å². The molecule has 0 unspecified atom stereocenters. The molecular formula is C12H9F6NO3S. The third-order valence-electron chi connectivity index (χ3n) is 2.33. The van der Waals surface area contributed by atoms with Gasteiger partial charge in [0, 0.05) is 5.69 Å². The van der Waals surface area contributed by atoms with Crippen LogP contribution in [0.15, 0.2) is 18.2 Å². The van der Waals surface area contributed by atoms with Gasteiger partial charge >= 0.3 is 18.3 Å². The highest BCUT2D eigenvalue weighted by Gasteiger charge is 2.37. The van der Waals surface area contributed by atoms with Gasteiger partial charge in [0.25, 0.3) is 0 Å². The van der Waals surface area contributed by atoms with E-state index in [-0.39, 0.29) is 6.07 Å². The number of anilines is 1. The summed E-state index contributed by atoms with van der Waals surface area (Å²) in [6, 6.07) is 0.679. The Kier molecular flexibility index (Phi) is 5.92. The largest absolute Gasteiger partial charge is 0.481 e. The number of alkyl halides is 6. The minimum atomic E-state index is -5.02. The fourth-order valence-electron chi connectivity index (χ4n) is 1.46. The van der Waals surface area contributed by atoms with Crippen molar-refractivity contribution in [2.24, 2.45) is 0 Å². The zero-order chi connectivity index (χ0) is 17.8. The van der Waals surface area contributed by atoms with Crippen LogP contribution in [0.4, 0.5) is 32.0 Å². The molecule has 0 fully saturated rings. The van der Waals surface area contributed by atoms with Crippen LogP contribution in [0.2, 0.25) is 0 Å². The molecule has 4 nitrogen and oxygen atoms in total. The third kappa shape index (κ3) is 6.38. The molecule has 0 saturated heterocycles. The molecule has 0 saturated carbocycles. The number of carbonyl (C=O) groups excluding carboxylic acids is 1. The smallest absolute Gasteiger partial charge is 0.416 e. The Labute approximate surface area is 129 Å². The van der Waals surface area contributed by atoms with E-state index in [0.717, 1.165) is 0 Å². The van der Waals surface area contributed by atoms with Crippen molar-refractivity contribution in [2.45, 2.75) is 12.4 Å². The van der Waals surface area contributed by atoms with Gasteiger partial charge in [0.1, 0.15) is 0 Å². The Balaban J connectivity index is 2.97. The molecule has 0 aromatic heterocycles. The number of carboxylic acids is 1. The zero-order valence-corrected chi connectivity index (χ0v) is 11.9. The molecule has 0 radical (unpaired) electrons. The van der Waals surface area contributed by atoms with Gasteiger partial charge in [-0.05, 0) is 18.2 Å². The maximum absolute atomic E-state index is 12.6. The molecule has 11 heteroatoms. The number of hydrogen-bond donors (Lipinski definition) is 2. The van der Waals surface area contributed by atoms with Crippen LogP contribution in [0, 0.1) is 0 Å². The number of benzene rings is 1. The third-order valence-corrected chi connectivity index (χ3v) is 3.25. The van der Waals surface area contributed by atoms with Crippen LogP contribution in [0.1, 0.15) is 11.1 Å². The first-order valence-electron chi connectivity index (χ1n) is 5.78. The first-order chi connectivity index (χ1) is 10.4. The molecule has 0 spiro atoms. The lowest BCUT2D eigenvalue weighted by Crippen LogP contribution is -2.17. The Bertz CT molecular complexity index is 567. The summed E-state index contributed by atoms with van der Waals surface area (Å²) in [5, 5.41) is 10.3. The number of halogens is 6. The van der Waals surface area contributed by atoms with E-state index in [4.69, 9.17) is 5.11 Å². The highest BCUT2D eigenvalue weighted by Crippen LogP contribution is 2.37. The Morgan fingerprint density at radius 2 is 1.43 bits per heavy atom. The second kappa shape index (κ2) is 7.11. The van der Waals surface area contributed by atoms with Crippen molar-refractivity contribution >= 4 is 29.3 Å². The Hall–Kier alpha value is -1.91. The number of carbonyl (C=O) groups is 2. The van der Waals surface area contributed by atoms with Crippen LogP contribution in [-0.4, -0.2) is 28.5 Å². The summed E-state index contributed by atoms with van der Waals surface area (Å²) in [5.74, 6) is -2.97. The number of aliphatic carboxylic acids is 1. The summed E-state index contributed by atoms with van der Waals surface area (Å²) >= 11 is 0.652. The van der Waals surface area contributed by atoms with Gasteiger partial charge in [-0.1, -0.05) is 0 Å².